The molecule has 2 rings (SSSR count). The lowest BCUT2D eigenvalue weighted by Gasteiger charge is -2.40. The van der Waals surface area contributed by atoms with Gasteiger partial charge in [0.15, 0.2) is 0 Å². The van der Waals surface area contributed by atoms with Crippen LogP contribution in [-0.2, 0) is 0 Å². The number of likely N-dealkylation sites (N-methyl/N-ethyl adjacent to an activating group) is 1. The summed E-state index contributed by atoms with van der Waals surface area (Å²) in [6, 6.07) is 8.02. The lowest BCUT2D eigenvalue weighted by molar-refractivity contribution is -0.0171. The van der Waals surface area contributed by atoms with Crippen LogP contribution in [0.4, 0.5) is 0 Å². The number of aryl methyl sites for hydroxylation is 1. The summed E-state index contributed by atoms with van der Waals surface area (Å²) in [5.41, 5.74) is 1.61. The molecular weight excluding hydrogens is 250 g/mol. The molecule has 1 aromatic heterocycles. The molecule has 0 radical (unpaired) electrons. The van der Waals surface area contributed by atoms with Gasteiger partial charge < -0.3 is 9.52 Å². The van der Waals surface area contributed by atoms with Gasteiger partial charge in [-0.05, 0) is 45.5 Å². The van der Waals surface area contributed by atoms with Gasteiger partial charge in [-0.1, -0.05) is 32.0 Å². The molecule has 110 valence electrons. The Hall–Kier alpha value is -1.32. The number of aliphatic hydroxyl groups excluding tert-OH is 1. The van der Waals surface area contributed by atoms with Crippen molar-refractivity contribution in [1.82, 2.24) is 4.90 Å². The van der Waals surface area contributed by atoms with Crippen molar-refractivity contribution in [2.45, 2.75) is 46.3 Å². The summed E-state index contributed by atoms with van der Waals surface area (Å²) >= 11 is 0. The van der Waals surface area contributed by atoms with E-state index >= 15 is 0 Å². The van der Waals surface area contributed by atoms with Crippen molar-refractivity contribution in [3.63, 3.8) is 0 Å². The second-order valence-electron chi connectivity index (χ2n) is 5.87. The zero-order valence-electron chi connectivity index (χ0n) is 13.1. The molecule has 0 saturated carbocycles. The summed E-state index contributed by atoms with van der Waals surface area (Å²) in [6.07, 6.45) is -0.644. The number of aliphatic hydroxyl groups is 1. The third kappa shape index (κ3) is 2.48. The summed E-state index contributed by atoms with van der Waals surface area (Å²) in [6.45, 7) is 12.2. The van der Waals surface area contributed by atoms with Crippen molar-refractivity contribution < 1.29 is 9.52 Å². The number of hydrogen-bond acceptors (Lipinski definition) is 3. The highest BCUT2D eigenvalue weighted by Crippen LogP contribution is 2.34. The van der Waals surface area contributed by atoms with Crippen LogP contribution in [0.3, 0.4) is 0 Å². The van der Waals surface area contributed by atoms with E-state index in [9.17, 15) is 5.11 Å². The topological polar surface area (TPSA) is 36.6 Å². The fourth-order valence-corrected chi connectivity index (χ4v) is 2.92. The summed E-state index contributed by atoms with van der Waals surface area (Å²) in [5, 5.41) is 11.8. The Kier molecular flexibility index (Phi) is 4.21. The van der Waals surface area contributed by atoms with Gasteiger partial charge in [-0.15, -0.1) is 0 Å². The normalized spacial score (nSPS) is 14.2. The first-order valence-corrected chi connectivity index (χ1v) is 7.34. The monoisotopic (exact) mass is 275 g/mol. The van der Waals surface area contributed by atoms with E-state index in [1.54, 1.807) is 0 Å². The molecule has 1 unspecified atom stereocenters. The van der Waals surface area contributed by atoms with Crippen LogP contribution in [0.1, 0.15) is 45.1 Å². The minimum atomic E-state index is -0.644. The second-order valence-corrected chi connectivity index (χ2v) is 5.87. The van der Waals surface area contributed by atoms with E-state index in [1.165, 1.54) is 0 Å². The summed E-state index contributed by atoms with van der Waals surface area (Å²) < 4.78 is 5.91. The molecule has 0 spiro atoms. The van der Waals surface area contributed by atoms with Crippen LogP contribution in [0.25, 0.3) is 11.0 Å². The van der Waals surface area contributed by atoms with Crippen molar-refractivity contribution in [1.29, 1.82) is 0 Å². The molecule has 0 amide bonds. The largest absolute Gasteiger partial charge is 0.458 e. The van der Waals surface area contributed by atoms with Gasteiger partial charge in [0.2, 0.25) is 0 Å². The Balaban J connectivity index is 2.40. The average Bonchev–Trinajstić information content (AvgIpc) is 2.84. The first-order valence-electron chi connectivity index (χ1n) is 7.34. The first-order chi connectivity index (χ1) is 9.41. The zero-order valence-corrected chi connectivity index (χ0v) is 13.1. The summed E-state index contributed by atoms with van der Waals surface area (Å²) in [5.74, 6) is 0.645. The van der Waals surface area contributed by atoms with Crippen LogP contribution in [0.15, 0.2) is 28.7 Å². The molecule has 1 aromatic carbocycles. The van der Waals surface area contributed by atoms with Gasteiger partial charge in [-0.2, -0.15) is 0 Å². The molecule has 0 saturated heterocycles. The number of hydrogen-bond donors (Lipinski definition) is 1. The van der Waals surface area contributed by atoms with E-state index < -0.39 is 6.10 Å². The maximum absolute atomic E-state index is 10.7. The fourth-order valence-electron chi connectivity index (χ4n) is 2.92. The lowest BCUT2D eigenvalue weighted by Crippen LogP contribution is -2.48. The summed E-state index contributed by atoms with van der Waals surface area (Å²) in [7, 11) is 0. The highest BCUT2D eigenvalue weighted by molar-refractivity contribution is 5.81. The van der Waals surface area contributed by atoms with Crippen LogP contribution in [0, 0.1) is 6.92 Å². The number of benzene rings is 1. The third-order valence-electron chi connectivity index (χ3n) is 4.28. The van der Waals surface area contributed by atoms with Crippen molar-refractivity contribution in [2.24, 2.45) is 0 Å². The Morgan fingerprint density at radius 2 is 1.90 bits per heavy atom. The number of furan rings is 1. The fraction of sp³-hybridized carbons (Fsp3) is 0.529. The number of para-hydroxylation sites is 1. The van der Waals surface area contributed by atoms with Crippen LogP contribution >= 0.6 is 0 Å². The van der Waals surface area contributed by atoms with Gasteiger partial charge in [0.1, 0.15) is 17.4 Å². The van der Waals surface area contributed by atoms with Gasteiger partial charge in [0, 0.05) is 10.9 Å². The molecule has 3 heteroatoms. The molecule has 1 atom stereocenters. The predicted octanol–water partition coefficient (Wildman–Crippen LogP) is 3.90. The molecule has 1 heterocycles. The molecule has 0 bridgehead atoms. The number of nitrogens with zero attached hydrogens (tertiary/aromatic N) is 1. The highest BCUT2D eigenvalue weighted by atomic mass is 16.4. The van der Waals surface area contributed by atoms with E-state index in [-0.39, 0.29) is 5.54 Å². The van der Waals surface area contributed by atoms with E-state index in [2.05, 4.69) is 32.6 Å². The van der Waals surface area contributed by atoms with Crippen LogP contribution in [0.5, 0.6) is 0 Å². The molecule has 0 aliphatic rings. The lowest BCUT2D eigenvalue weighted by atomic mass is 9.93. The van der Waals surface area contributed by atoms with Gasteiger partial charge in [0.25, 0.3) is 0 Å². The van der Waals surface area contributed by atoms with E-state index in [1.807, 2.05) is 31.2 Å². The van der Waals surface area contributed by atoms with Crippen LogP contribution in [0.2, 0.25) is 0 Å². The molecule has 0 aliphatic carbocycles. The van der Waals surface area contributed by atoms with Crippen molar-refractivity contribution >= 4 is 11.0 Å². The Labute approximate surface area is 121 Å². The van der Waals surface area contributed by atoms with E-state index in [0.717, 1.165) is 29.6 Å². The molecule has 0 aliphatic heterocycles. The molecule has 0 fully saturated rings. The van der Waals surface area contributed by atoms with Crippen molar-refractivity contribution in [3.05, 3.63) is 35.6 Å². The number of rotatable bonds is 5. The molecule has 1 N–H and O–H groups in total. The average molecular weight is 275 g/mol. The van der Waals surface area contributed by atoms with Crippen molar-refractivity contribution in [2.75, 3.05) is 13.1 Å². The Bertz CT molecular complexity index is 582. The van der Waals surface area contributed by atoms with Gasteiger partial charge in [-0.3, -0.25) is 4.90 Å². The van der Waals surface area contributed by atoms with Crippen LogP contribution in [-0.4, -0.2) is 28.6 Å². The SMILES string of the molecule is CCN(CC)C(C)(C)C(O)c1cc2cccc(C)c2o1. The highest BCUT2D eigenvalue weighted by Gasteiger charge is 2.35. The first kappa shape index (κ1) is 15.1. The Morgan fingerprint density at radius 1 is 1.25 bits per heavy atom. The third-order valence-corrected chi connectivity index (χ3v) is 4.28. The summed E-state index contributed by atoms with van der Waals surface area (Å²) in [4.78, 5) is 2.25. The Morgan fingerprint density at radius 3 is 2.45 bits per heavy atom. The van der Waals surface area contributed by atoms with Gasteiger partial charge >= 0.3 is 0 Å². The minimum absolute atomic E-state index is 0.356. The van der Waals surface area contributed by atoms with E-state index in [4.69, 9.17) is 4.42 Å². The maximum Gasteiger partial charge on any atom is 0.137 e. The second kappa shape index (κ2) is 5.58. The predicted molar refractivity (Wildman–Crippen MR) is 82.9 cm³/mol. The molecule has 3 nitrogen and oxygen atoms in total. The van der Waals surface area contributed by atoms with Gasteiger partial charge in [0.05, 0.1) is 0 Å². The molecular formula is C17H25NO2. The van der Waals surface area contributed by atoms with Crippen molar-refractivity contribution in [3.8, 4) is 0 Å². The molecule has 2 aromatic rings. The quantitative estimate of drug-likeness (QED) is 0.899. The maximum atomic E-state index is 10.7. The minimum Gasteiger partial charge on any atom is -0.458 e. The number of fused-ring (bicyclic) bond motifs is 1. The zero-order chi connectivity index (χ0) is 14.9. The van der Waals surface area contributed by atoms with Gasteiger partial charge in [-0.25, -0.2) is 0 Å². The van der Waals surface area contributed by atoms with Crippen LogP contribution < -0.4 is 0 Å². The van der Waals surface area contributed by atoms with E-state index in [0.29, 0.717) is 5.76 Å². The smallest absolute Gasteiger partial charge is 0.137 e. The standard InChI is InChI=1S/C17H25NO2/c1-6-18(7-2)17(4,5)16(19)14-11-13-10-8-9-12(3)15(13)20-14/h8-11,16,19H,6-7H2,1-5H3. The molecule has 20 heavy (non-hydrogen) atoms.